The third-order valence-corrected chi connectivity index (χ3v) is 2.90. The Morgan fingerprint density at radius 3 is 3.10 bits per heavy atom. The van der Waals surface area contributed by atoms with E-state index in [0.717, 1.165) is 11.5 Å². The topological polar surface area (TPSA) is 115 Å². The zero-order valence-electron chi connectivity index (χ0n) is 10.9. The Hall–Kier alpha value is -2.77. The molecule has 2 aromatic heterocycles. The number of oxazole rings is 1. The fraction of sp³-hybridized carbons (Fsp3) is 0.250. The molecule has 0 saturated carbocycles. The highest BCUT2D eigenvalue weighted by atomic mass is 16.4. The zero-order valence-corrected chi connectivity index (χ0v) is 10.9. The molecule has 0 fully saturated rings. The number of hydrogen-bond donors (Lipinski definition) is 3. The van der Waals surface area contributed by atoms with Crippen molar-refractivity contribution in [1.29, 1.82) is 0 Å². The maximum absolute atomic E-state index is 11.1. The maximum Gasteiger partial charge on any atom is 0.417 e. The second-order valence-electron chi connectivity index (χ2n) is 4.46. The number of H-pyrrole nitrogens is 1. The van der Waals surface area contributed by atoms with Crippen LogP contribution in [0.5, 0.6) is 0 Å². The van der Waals surface area contributed by atoms with Crippen LogP contribution in [0.3, 0.4) is 0 Å². The molecule has 0 aliphatic rings. The lowest BCUT2D eigenvalue weighted by atomic mass is 10.2. The lowest BCUT2D eigenvalue weighted by molar-refractivity contribution is 0.555. The van der Waals surface area contributed by atoms with Gasteiger partial charge in [0, 0.05) is 26.1 Å². The largest absolute Gasteiger partial charge is 0.417 e. The first-order valence-corrected chi connectivity index (χ1v) is 6.12. The van der Waals surface area contributed by atoms with Crippen LogP contribution in [0.2, 0.25) is 0 Å². The highest BCUT2D eigenvalue weighted by Gasteiger charge is 2.07. The third kappa shape index (κ3) is 2.35. The SMILES string of the molecule is Cn1cnc(CCNc2cc3[nH]c(=O)oc3cc2N)n1. The van der Waals surface area contributed by atoms with E-state index in [4.69, 9.17) is 10.2 Å². The molecule has 8 heteroatoms. The van der Waals surface area contributed by atoms with Gasteiger partial charge in [-0.15, -0.1) is 0 Å². The van der Waals surface area contributed by atoms with Gasteiger partial charge in [-0.2, -0.15) is 5.10 Å². The molecule has 8 nitrogen and oxygen atoms in total. The van der Waals surface area contributed by atoms with Crippen molar-refractivity contribution in [1.82, 2.24) is 19.7 Å². The van der Waals surface area contributed by atoms with Gasteiger partial charge in [0.05, 0.1) is 16.9 Å². The highest BCUT2D eigenvalue weighted by Crippen LogP contribution is 2.24. The molecule has 0 bridgehead atoms. The molecule has 3 aromatic rings. The van der Waals surface area contributed by atoms with Crippen molar-refractivity contribution in [2.75, 3.05) is 17.6 Å². The summed E-state index contributed by atoms with van der Waals surface area (Å²) in [6, 6.07) is 3.37. The molecule has 4 N–H and O–H groups in total. The number of anilines is 2. The fourth-order valence-corrected chi connectivity index (χ4v) is 1.97. The van der Waals surface area contributed by atoms with Gasteiger partial charge in [0.25, 0.3) is 0 Å². The Kier molecular flexibility index (Phi) is 2.90. The van der Waals surface area contributed by atoms with Crippen LogP contribution >= 0.6 is 0 Å². The lowest BCUT2D eigenvalue weighted by Gasteiger charge is -2.07. The summed E-state index contributed by atoms with van der Waals surface area (Å²) in [6.45, 7) is 0.641. The Bertz CT molecular complexity index is 800. The van der Waals surface area contributed by atoms with Gasteiger partial charge in [0.15, 0.2) is 11.4 Å². The van der Waals surface area contributed by atoms with Gasteiger partial charge in [-0.05, 0) is 6.07 Å². The number of nitrogen functional groups attached to an aromatic ring is 1. The van der Waals surface area contributed by atoms with E-state index in [-0.39, 0.29) is 0 Å². The maximum atomic E-state index is 11.1. The van der Waals surface area contributed by atoms with Gasteiger partial charge in [-0.1, -0.05) is 0 Å². The number of nitrogens with one attached hydrogen (secondary N) is 2. The molecule has 2 heterocycles. The number of rotatable bonds is 4. The number of aromatic nitrogens is 4. The zero-order chi connectivity index (χ0) is 14.1. The predicted molar refractivity (Wildman–Crippen MR) is 74.4 cm³/mol. The summed E-state index contributed by atoms with van der Waals surface area (Å²) in [6.07, 6.45) is 2.34. The van der Waals surface area contributed by atoms with Crippen LogP contribution in [0.1, 0.15) is 5.82 Å². The molecular weight excluding hydrogens is 260 g/mol. The van der Waals surface area contributed by atoms with Crippen LogP contribution < -0.4 is 16.8 Å². The van der Waals surface area contributed by atoms with Crippen molar-refractivity contribution in [3.63, 3.8) is 0 Å². The number of nitrogens with zero attached hydrogens (tertiary/aromatic N) is 3. The second kappa shape index (κ2) is 4.72. The standard InChI is InChI=1S/C12H14N6O2/c1-18-6-15-11(17-18)2-3-14-8-5-9-10(4-7(8)13)20-12(19)16-9/h4-6,14H,2-3,13H2,1H3,(H,16,19). The predicted octanol–water partition coefficient (Wildman–Crippen LogP) is 0.486. The quantitative estimate of drug-likeness (QED) is 0.596. The summed E-state index contributed by atoms with van der Waals surface area (Å²) in [4.78, 5) is 17.8. The van der Waals surface area contributed by atoms with Crippen molar-refractivity contribution < 1.29 is 4.42 Å². The van der Waals surface area contributed by atoms with E-state index >= 15 is 0 Å². The summed E-state index contributed by atoms with van der Waals surface area (Å²) < 4.78 is 6.60. The monoisotopic (exact) mass is 274 g/mol. The molecule has 0 radical (unpaired) electrons. The molecule has 0 saturated heterocycles. The van der Waals surface area contributed by atoms with Crippen molar-refractivity contribution >= 4 is 22.5 Å². The van der Waals surface area contributed by atoms with Crippen molar-refractivity contribution in [3.05, 3.63) is 34.8 Å². The average molecular weight is 274 g/mol. The third-order valence-electron chi connectivity index (χ3n) is 2.90. The minimum absolute atomic E-state index is 0.449. The summed E-state index contributed by atoms with van der Waals surface area (Å²) in [5, 5.41) is 7.38. The first-order valence-electron chi connectivity index (χ1n) is 6.12. The molecule has 0 aliphatic carbocycles. The number of fused-ring (bicyclic) bond motifs is 1. The highest BCUT2D eigenvalue weighted by molar-refractivity contribution is 5.85. The number of aromatic amines is 1. The lowest BCUT2D eigenvalue weighted by Crippen LogP contribution is -2.08. The van der Waals surface area contributed by atoms with Crippen molar-refractivity contribution in [3.8, 4) is 0 Å². The first kappa shape index (κ1) is 12.3. The normalized spacial score (nSPS) is 11.1. The van der Waals surface area contributed by atoms with E-state index < -0.39 is 5.76 Å². The van der Waals surface area contributed by atoms with Gasteiger partial charge < -0.3 is 15.5 Å². The molecule has 0 unspecified atom stereocenters. The minimum Gasteiger partial charge on any atom is -0.408 e. The van der Waals surface area contributed by atoms with E-state index in [2.05, 4.69) is 20.4 Å². The van der Waals surface area contributed by atoms with Crippen LogP contribution in [0.15, 0.2) is 27.7 Å². The molecule has 3 rings (SSSR count). The molecule has 0 amide bonds. The number of aryl methyl sites for hydroxylation is 1. The Morgan fingerprint density at radius 1 is 1.50 bits per heavy atom. The molecule has 0 spiro atoms. The Morgan fingerprint density at radius 2 is 2.35 bits per heavy atom. The number of benzene rings is 1. The van der Waals surface area contributed by atoms with E-state index in [9.17, 15) is 4.79 Å². The Balaban J connectivity index is 1.73. The molecule has 0 aliphatic heterocycles. The first-order chi connectivity index (χ1) is 9.61. The van der Waals surface area contributed by atoms with Crippen LogP contribution in [-0.2, 0) is 13.5 Å². The smallest absolute Gasteiger partial charge is 0.408 e. The van der Waals surface area contributed by atoms with Gasteiger partial charge in [-0.3, -0.25) is 9.67 Å². The summed E-state index contributed by atoms with van der Waals surface area (Å²) >= 11 is 0. The van der Waals surface area contributed by atoms with Crippen molar-refractivity contribution in [2.24, 2.45) is 7.05 Å². The van der Waals surface area contributed by atoms with E-state index in [1.54, 1.807) is 23.1 Å². The number of nitrogens with two attached hydrogens (primary N) is 1. The summed E-state index contributed by atoms with van der Waals surface area (Å²) in [5.41, 5.74) is 8.23. The Labute approximate surface area is 113 Å². The molecular formula is C12H14N6O2. The summed E-state index contributed by atoms with van der Waals surface area (Å²) in [5.74, 6) is 0.269. The van der Waals surface area contributed by atoms with E-state index in [1.807, 2.05) is 7.05 Å². The molecule has 0 atom stereocenters. The van der Waals surface area contributed by atoms with Crippen LogP contribution in [-0.4, -0.2) is 26.3 Å². The average Bonchev–Trinajstić information content (AvgIpc) is 2.95. The van der Waals surface area contributed by atoms with Crippen LogP contribution in [0, 0.1) is 0 Å². The summed E-state index contributed by atoms with van der Waals surface area (Å²) in [7, 11) is 1.82. The fourth-order valence-electron chi connectivity index (χ4n) is 1.97. The second-order valence-corrected chi connectivity index (χ2v) is 4.46. The van der Waals surface area contributed by atoms with Crippen LogP contribution in [0.25, 0.3) is 11.1 Å². The molecule has 104 valence electrons. The van der Waals surface area contributed by atoms with Crippen LogP contribution in [0.4, 0.5) is 11.4 Å². The van der Waals surface area contributed by atoms with E-state index in [1.165, 1.54) is 0 Å². The minimum atomic E-state index is -0.491. The van der Waals surface area contributed by atoms with E-state index in [0.29, 0.717) is 29.8 Å². The van der Waals surface area contributed by atoms with Gasteiger partial charge >= 0.3 is 5.76 Å². The number of hydrogen-bond acceptors (Lipinski definition) is 6. The van der Waals surface area contributed by atoms with Crippen molar-refractivity contribution in [2.45, 2.75) is 6.42 Å². The molecule has 1 aromatic carbocycles. The molecule has 20 heavy (non-hydrogen) atoms. The van der Waals surface area contributed by atoms with Gasteiger partial charge in [-0.25, -0.2) is 9.78 Å². The van der Waals surface area contributed by atoms with Gasteiger partial charge in [0.2, 0.25) is 0 Å². The van der Waals surface area contributed by atoms with Gasteiger partial charge in [0.1, 0.15) is 6.33 Å².